The van der Waals surface area contributed by atoms with Crippen LogP contribution in [0.15, 0.2) is 109 Å². The predicted octanol–water partition coefficient (Wildman–Crippen LogP) is 23.2. The van der Waals surface area contributed by atoms with Crippen molar-refractivity contribution in [2.75, 3.05) is 40.9 Å². The van der Waals surface area contributed by atoms with Crippen molar-refractivity contribution in [3.8, 4) is 0 Å². The Morgan fingerprint density at radius 1 is 0.414 bits per heavy atom. The van der Waals surface area contributed by atoms with Gasteiger partial charge in [-0.3, -0.25) is 18.6 Å². The van der Waals surface area contributed by atoms with Crippen molar-refractivity contribution in [2.24, 2.45) is 0 Å². The minimum Gasteiger partial charge on any atom is -0.456 e. The summed E-state index contributed by atoms with van der Waals surface area (Å²) in [7, 11) is 1.48. The number of carbonyl (C=O) groups excluding carboxylic acids is 2. The van der Waals surface area contributed by atoms with Crippen LogP contribution in [-0.2, 0) is 27.9 Å². The largest absolute Gasteiger partial charge is 0.472 e. The minimum absolute atomic E-state index is 0.0325. The second-order valence-electron chi connectivity index (χ2n) is 25.4. The number of esters is 1. The summed E-state index contributed by atoms with van der Waals surface area (Å²) in [6.45, 7) is 6.88. The van der Waals surface area contributed by atoms with E-state index in [2.05, 4.69) is 123 Å². The first kappa shape index (κ1) is 83.7. The maximum Gasteiger partial charge on any atom is 0.472 e. The number of phosphoric ester groups is 1. The maximum atomic E-state index is 13.6. The van der Waals surface area contributed by atoms with Crippen molar-refractivity contribution in [1.29, 1.82) is 0 Å². The first-order valence-corrected chi connectivity index (χ1v) is 37.7. The molecule has 0 aromatic rings. The Kier molecular flexibility index (Phi) is 63.1. The van der Waals surface area contributed by atoms with Crippen LogP contribution in [-0.4, -0.2) is 74.3 Å². The lowest BCUT2D eigenvalue weighted by molar-refractivity contribution is -0.870. The van der Waals surface area contributed by atoms with Crippen LogP contribution >= 0.6 is 7.82 Å². The van der Waals surface area contributed by atoms with E-state index in [1.165, 1.54) is 161 Å². The number of nitrogens with one attached hydrogen (secondary N) is 1. The molecule has 3 unspecified atom stereocenters. The van der Waals surface area contributed by atoms with Crippen LogP contribution in [0.2, 0.25) is 0 Å². The van der Waals surface area contributed by atoms with E-state index in [0.717, 1.165) is 116 Å². The first-order valence-electron chi connectivity index (χ1n) is 36.2. The lowest BCUT2D eigenvalue weighted by atomic mass is 10.0. The molecule has 0 saturated heterocycles. The number of ether oxygens (including phenoxy) is 1. The number of amides is 1. The zero-order chi connectivity index (χ0) is 63.5. The smallest absolute Gasteiger partial charge is 0.456 e. The molecule has 9 nitrogen and oxygen atoms in total. The Labute approximate surface area is 538 Å². The molecule has 0 aromatic heterocycles. The monoisotopic (exact) mass is 1230 g/mol. The molecule has 0 aliphatic heterocycles. The Hall–Kier alpha value is -3.33. The molecule has 10 heteroatoms. The summed E-state index contributed by atoms with van der Waals surface area (Å²) in [4.78, 5) is 37.9. The number of allylic oxidation sites excluding steroid dienone is 17. The van der Waals surface area contributed by atoms with Crippen LogP contribution in [0.4, 0.5) is 0 Å². The number of hydrogen-bond donors (Lipinski definition) is 2. The summed E-state index contributed by atoms with van der Waals surface area (Å²) in [5, 5.41) is 3.07. The fraction of sp³-hybridized carbons (Fsp3) is 0.740. The lowest BCUT2D eigenvalue weighted by Gasteiger charge is -2.27. The van der Waals surface area contributed by atoms with Crippen molar-refractivity contribution in [2.45, 2.75) is 328 Å². The fourth-order valence-electron chi connectivity index (χ4n) is 10.2. The number of nitrogens with zero attached hydrogens (tertiary/aromatic N) is 1. The molecule has 0 bridgehead atoms. The van der Waals surface area contributed by atoms with E-state index in [0.29, 0.717) is 23.9 Å². The number of quaternary nitrogens is 1. The zero-order valence-corrected chi connectivity index (χ0v) is 58.4. The van der Waals surface area contributed by atoms with Gasteiger partial charge in [-0.15, -0.1) is 0 Å². The topological polar surface area (TPSA) is 111 Å². The highest BCUT2D eigenvalue weighted by Gasteiger charge is 2.30. The van der Waals surface area contributed by atoms with Gasteiger partial charge < -0.3 is 19.4 Å². The standard InChI is InChI=1S/C77H137N2O7P/c1-7-10-13-16-19-22-25-28-30-32-34-36-37-38-39-40-41-43-44-46-48-51-54-57-60-63-66-69-76(80)78-74(73-85-87(82,83)84-72-71-79(4,5)6)75(68-65-62-59-56-53-50-27-24-21-18-15-12-9-3)86-77(81)70-67-64-61-58-55-52-49-47-45-42-35-33-31-29-26-23-20-17-14-11-8-2/h11,14,19-20,22-23,28-31,34-36,42,47,49,65,68,74-75H,7-10,12-13,15-18,21,24-27,32-33,37-41,43-46,48,50-64,66-67,69-73H2,1-6H3,(H-,78,80,82,83)/p+1/b14-11-,22-19-,23-20-,30-28-,31-29-,36-34-,42-35-,49-47-,68-65-. The van der Waals surface area contributed by atoms with Gasteiger partial charge in [0.05, 0.1) is 33.8 Å². The third-order valence-corrected chi connectivity index (χ3v) is 16.7. The third kappa shape index (κ3) is 66.9. The molecule has 0 fully saturated rings. The molecule has 0 heterocycles. The lowest BCUT2D eigenvalue weighted by Crippen LogP contribution is -2.47. The Morgan fingerprint density at radius 2 is 0.736 bits per heavy atom. The molecule has 0 aromatic carbocycles. The van der Waals surface area contributed by atoms with Gasteiger partial charge in [0.25, 0.3) is 0 Å². The van der Waals surface area contributed by atoms with Gasteiger partial charge in [-0.2, -0.15) is 0 Å². The van der Waals surface area contributed by atoms with E-state index in [4.69, 9.17) is 13.8 Å². The van der Waals surface area contributed by atoms with Crippen LogP contribution < -0.4 is 5.32 Å². The van der Waals surface area contributed by atoms with E-state index in [1.807, 2.05) is 33.3 Å². The number of unbranched alkanes of at least 4 members (excludes halogenated alkanes) is 33. The van der Waals surface area contributed by atoms with E-state index in [-0.39, 0.29) is 31.5 Å². The Bertz CT molecular complexity index is 1860. The van der Waals surface area contributed by atoms with Crippen LogP contribution in [0.1, 0.15) is 316 Å². The van der Waals surface area contributed by atoms with Gasteiger partial charge in [0, 0.05) is 12.8 Å². The zero-order valence-electron chi connectivity index (χ0n) is 57.5. The van der Waals surface area contributed by atoms with Crippen molar-refractivity contribution in [3.05, 3.63) is 109 Å². The summed E-state index contributed by atoms with van der Waals surface area (Å²) in [5.74, 6) is -0.524. The molecule has 0 spiro atoms. The molecule has 3 atom stereocenters. The Balaban J connectivity index is 5.10. The second kappa shape index (κ2) is 65.6. The summed E-state index contributed by atoms with van der Waals surface area (Å²) in [5.41, 5.74) is 0. The van der Waals surface area contributed by atoms with Gasteiger partial charge in [0.2, 0.25) is 5.91 Å². The van der Waals surface area contributed by atoms with E-state index in [1.54, 1.807) is 0 Å². The number of hydrogen-bond acceptors (Lipinski definition) is 6. The molecule has 2 N–H and O–H groups in total. The highest BCUT2D eigenvalue weighted by Crippen LogP contribution is 2.43. The van der Waals surface area contributed by atoms with Crippen LogP contribution in [0.25, 0.3) is 0 Å². The van der Waals surface area contributed by atoms with Crippen LogP contribution in [0.3, 0.4) is 0 Å². The molecule has 0 aliphatic rings. The number of rotatable bonds is 65. The van der Waals surface area contributed by atoms with Crippen molar-refractivity contribution in [3.63, 3.8) is 0 Å². The molecular weight excluding hydrogens is 1100 g/mol. The molecule has 87 heavy (non-hydrogen) atoms. The van der Waals surface area contributed by atoms with Crippen molar-refractivity contribution >= 4 is 19.7 Å². The highest BCUT2D eigenvalue weighted by molar-refractivity contribution is 7.47. The number of likely N-dealkylation sites (N-methyl/N-ethyl adjacent to an activating group) is 1. The van der Waals surface area contributed by atoms with E-state index in [9.17, 15) is 19.0 Å². The SMILES string of the molecule is CC/C=C\C/C=C\C/C=C\C/C=C\C/C=C\CCCCCCCC(=O)OC(/C=C\CCCCCCCCCCCCC)C(COP(=O)(O)OCC[N+](C)(C)C)NC(=O)CCCCCCCCCCCCCCCC/C=C\C/C=C\C/C=C\CCCCC. The second-order valence-corrected chi connectivity index (χ2v) is 26.8. The quantitative estimate of drug-likeness (QED) is 0.0205. The summed E-state index contributed by atoms with van der Waals surface area (Å²) in [6.07, 6.45) is 91.0. The van der Waals surface area contributed by atoms with Gasteiger partial charge >= 0.3 is 13.8 Å². The van der Waals surface area contributed by atoms with Gasteiger partial charge in [0.15, 0.2) is 0 Å². The molecule has 502 valence electrons. The van der Waals surface area contributed by atoms with Gasteiger partial charge in [-0.1, -0.05) is 297 Å². The highest BCUT2D eigenvalue weighted by atomic mass is 31.2. The predicted molar refractivity (Wildman–Crippen MR) is 378 cm³/mol. The first-order chi connectivity index (χ1) is 42.4. The molecule has 0 saturated carbocycles. The molecule has 0 rings (SSSR count). The molecule has 0 radical (unpaired) electrons. The van der Waals surface area contributed by atoms with Gasteiger partial charge in [-0.25, -0.2) is 4.57 Å². The number of phosphoric acid groups is 1. The van der Waals surface area contributed by atoms with Crippen molar-refractivity contribution < 1.29 is 37.3 Å². The van der Waals surface area contributed by atoms with E-state index >= 15 is 0 Å². The minimum atomic E-state index is -4.47. The normalized spacial score (nSPS) is 14.1. The Morgan fingerprint density at radius 3 is 1.13 bits per heavy atom. The number of carbonyl (C=O) groups is 2. The maximum absolute atomic E-state index is 13.6. The summed E-state index contributed by atoms with van der Waals surface area (Å²) in [6, 6.07) is -0.865. The van der Waals surface area contributed by atoms with Gasteiger partial charge in [-0.05, 0) is 115 Å². The fourth-order valence-corrected chi connectivity index (χ4v) is 10.9. The molecule has 0 aliphatic carbocycles. The van der Waals surface area contributed by atoms with Gasteiger partial charge in [0.1, 0.15) is 19.3 Å². The molecular formula is C77H138N2O7P+. The molecule has 1 amide bonds. The summed E-state index contributed by atoms with van der Waals surface area (Å²) < 4.78 is 30.8. The van der Waals surface area contributed by atoms with Crippen LogP contribution in [0, 0.1) is 0 Å². The summed E-state index contributed by atoms with van der Waals surface area (Å²) >= 11 is 0. The van der Waals surface area contributed by atoms with Crippen molar-refractivity contribution in [1.82, 2.24) is 5.32 Å². The average Bonchev–Trinajstić information content (AvgIpc) is 3.70. The average molecular weight is 1230 g/mol. The third-order valence-electron chi connectivity index (χ3n) is 15.7. The van der Waals surface area contributed by atoms with Crippen LogP contribution in [0.5, 0.6) is 0 Å². The van der Waals surface area contributed by atoms with E-state index < -0.39 is 20.0 Å².